The molecule has 0 saturated heterocycles. The molecule has 1 aliphatic rings. The first kappa shape index (κ1) is 16.1. The lowest BCUT2D eigenvalue weighted by Crippen LogP contribution is -2.15. The Kier molecular flexibility index (Phi) is 4.52. The molecule has 0 amide bonds. The van der Waals surface area contributed by atoms with Crippen LogP contribution >= 0.6 is 0 Å². The number of para-hydroxylation sites is 1. The zero-order valence-electron chi connectivity index (χ0n) is 12.9. The van der Waals surface area contributed by atoms with Gasteiger partial charge in [0.25, 0.3) is 0 Å². The Hall–Kier alpha value is -2.80. The number of hydrogen-bond donors (Lipinski definition) is 1. The summed E-state index contributed by atoms with van der Waals surface area (Å²) in [7, 11) is 1.38. The Bertz CT molecular complexity index is 774. The van der Waals surface area contributed by atoms with Crippen LogP contribution in [0.25, 0.3) is 0 Å². The fourth-order valence-electron chi connectivity index (χ4n) is 2.44. The lowest BCUT2D eigenvalue weighted by atomic mass is 10.1. The van der Waals surface area contributed by atoms with Gasteiger partial charge in [0.05, 0.1) is 13.7 Å². The monoisotopic (exact) mass is 334 g/mol. The first-order valence-electron chi connectivity index (χ1n) is 7.15. The number of fused-ring (bicyclic) bond motifs is 1. The van der Waals surface area contributed by atoms with Gasteiger partial charge in [0, 0.05) is 11.1 Å². The van der Waals surface area contributed by atoms with Gasteiger partial charge in [0.1, 0.15) is 23.7 Å². The molecule has 0 bridgehead atoms. The third kappa shape index (κ3) is 3.11. The minimum atomic E-state index is -0.753. The zero-order valence-corrected chi connectivity index (χ0v) is 12.9. The van der Waals surface area contributed by atoms with Gasteiger partial charge in [-0.25, -0.2) is 9.18 Å². The molecule has 0 saturated carbocycles. The largest absolute Gasteiger partial charge is 0.504 e. The maximum atomic E-state index is 13.7. The van der Waals surface area contributed by atoms with Crippen molar-refractivity contribution in [3.63, 3.8) is 0 Å². The van der Waals surface area contributed by atoms with E-state index in [-0.39, 0.29) is 37.1 Å². The van der Waals surface area contributed by atoms with E-state index in [0.717, 1.165) is 0 Å². The predicted molar refractivity (Wildman–Crippen MR) is 80.5 cm³/mol. The highest BCUT2D eigenvalue weighted by Crippen LogP contribution is 2.32. The van der Waals surface area contributed by atoms with Gasteiger partial charge in [-0.3, -0.25) is 0 Å². The van der Waals surface area contributed by atoms with Crippen LogP contribution in [0.5, 0.6) is 17.2 Å². The van der Waals surface area contributed by atoms with Crippen molar-refractivity contribution in [3.05, 3.63) is 52.8 Å². The number of carbonyl (C=O) groups is 1. The second kappa shape index (κ2) is 6.76. The van der Waals surface area contributed by atoms with Crippen LogP contribution < -0.4 is 9.47 Å². The van der Waals surface area contributed by atoms with Crippen molar-refractivity contribution in [2.75, 3.05) is 13.9 Å². The van der Waals surface area contributed by atoms with E-state index in [4.69, 9.17) is 18.9 Å². The maximum absolute atomic E-state index is 13.7. The number of benzene rings is 2. The molecular formula is C17H15FO6. The predicted octanol–water partition coefficient (Wildman–Crippen LogP) is 2.76. The van der Waals surface area contributed by atoms with Gasteiger partial charge in [-0.15, -0.1) is 0 Å². The lowest BCUT2D eigenvalue weighted by Gasteiger charge is -2.20. The molecule has 2 aromatic carbocycles. The highest BCUT2D eigenvalue weighted by Gasteiger charge is 2.20. The number of ether oxygens (including phenoxy) is 4. The van der Waals surface area contributed by atoms with Crippen molar-refractivity contribution < 1.29 is 33.2 Å². The zero-order chi connectivity index (χ0) is 17.1. The quantitative estimate of drug-likeness (QED) is 0.867. The SMILES string of the molecule is COc1cccc(C(=O)OCc2cc(F)cc3c2OCOC3)c1O. The molecular weight excluding hydrogens is 319 g/mol. The molecule has 126 valence electrons. The van der Waals surface area contributed by atoms with E-state index in [1.807, 2.05) is 0 Å². The van der Waals surface area contributed by atoms with Crippen LogP contribution in [-0.2, 0) is 22.7 Å². The van der Waals surface area contributed by atoms with Crippen LogP contribution in [0.1, 0.15) is 21.5 Å². The summed E-state index contributed by atoms with van der Waals surface area (Å²) in [5, 5.41) is 9.97. The Morgan fingerprint density at radius 3 is 3.00 bits per heavy atom. The number of phenolic OH excluding ortho intramolecular Hbond substituents is 1. The Morgan fingerprint density at radius 1 is 1.38 bits per heavy atom. The third-order valence-electron chi connectivity index (χ3n) is 3.55. The van der Waals surface area contributed by atoms with Crippen molar-refractivity contribution in [2.24, 2.45) is 0 Å². The number of carbonyl (C=O) groups excluding carboxylic acids is 1. The number of aromatic hydroxyl groups is 1. The molecule has 2 aromatic rings. The summed E-state index contributed by atoms with van der Waals surface area (Å²) in [5.74, 6) is -0.927. The van der Waals surface area contributed by atoms with Crippen molar-refractivity contribution >= 4 is 5.97 Å². The van der Waals surface area contributed by atoms with Gasteiger partial charge in [-0.1, -0.05) is 6.07 Å². The summed E-state index contributed by atoms with van der Waals surface area (Å²) in [6.45, 7) is 0.0799. The Balaban J connectivity index is 1.79. The normalized spacial score (nSPS) is 12.9. The highest BCUT2D eigenvalue weighted by atomic mass is 19.1. The number of phenols is 1. The fourth-order valence-corrected chi connectivity index (χ4v) is 2.44. The first-order valence-corrected chi connectivity index (χ1v) is 7.15. The summed E-state index contributed by atoms with van der Waals surface area (Å²) in [6.07, 6.45) is 0. The van der Waals surface area contributed by atoms with Crippen molar-refractivity contribution in [3.8, 4) is 17.2 Å². The molecule has 7 heteroatoms. The third-order valence-corrected chi connectivity index (χ3v) is 3.55. The van der Waals surface area contributed by atoms with Crippen molar-refractivity contribution in [2.45, 2.75) is 13.2 Å². The second-order valence-electron chi connectivity index (χ2n) is 5.10. The summed E-state index contributed by atoms with van der Waals surface area (Å²) < 4.78 is 34.2. The number of methoxy groups -OCH3 is 1. The molecule has 0 aromatic heterocycles. The van der Waals surface area contributed by atoms with Crippen molar-refractivity contribution in [1.82, 2.24) is 0 Å². The van der Waals surface area contributed by atoms with Gasteiger partial charge >= 0.3 is 5.97 Å². The minimum absolute atomic E-state index is 0.0381. The average molecular weight is 334 g/mol. The van der Waals surface area contributed by atoms with Gasteiger partial charge < -0.3 is 24.1 Å². The molecule has 1 N–H and O–H groups in total. The van der Waals surface area contributed by atoms with Crippen LogP contribution in [0.4, 0.5) is 4.39 Å². The number of rotatable bonds is 4. The average Bonchev–Trinajstić information content (AvgIpc) is 2.59. The van der Waals surface area contributed by atoms with E-state index in [2.05, 4.69) is 0 Å². The molecule has 3 rings (SSSR count). The van der Waals surface area contributed by atoms with Gasteiger partial charge in [-0.2, -0.15) is 0 Å². The van der Waals surface area contributed by atoms with Gasteiger partial charge in [0.15, 0.2) is 18.3 Å². The first-order chi connectivity index (χ1) is 11.6. The summed E-state index contributed by atoms with van der Waals surface area (Å²) in [4.78, 5) is 12.2. The van der Waals surface area contributed by atoms with E-state index >= 15 is 0 Å². The van der Waals surface area contributed by atoms with Crippen molar-refractivity contribution in [1.29, 1.82) is 0 Å². The van der Waals surface area contributed by atoms with Gasteiger partial charge in [-0.05, 0) is 24.3 Å². The summed E-state index contributed by atoms with van der Waals surface area (Å²) in [6, 6.07) is 7.03. The van der Waals surface area contributed by atoms with E-state index in [9.17, 15) is 14.3 Å². The minimum Gasteiger partial charge on any atom is -0.504 e. The second-order valence-corrected chi connectivity index (χ2v) is 5.10. The summed E-state index contributed by atoms with van der Waals surface area (Å²) >= 11 is 0. The standard InChI is InChI=1S/C17H15FO6/c1-21-14-4-2-3-13(15(14)19)17(20)23-8-11-6-12(18)5-10-7-22-9-24-16(10)11/h2-6,19H,7-9H2,1H3. The van der Waals surface area contributed by atoms with E-state index < -0.39 is 11.8 Å². The van der Waals surface area contributed by atoms with Crippen LogP contribution in [0.15, 0.2) is 30.3 Å². The topological polar surface area (TPSA) is 74.2 Å². The van der Waals surface area contributed by atoms with E-state index in [1.54, 1.807) is 6.07 Å². The number of halogens is 1. The van der Waals surface area contributed by atoms with Gasteiger partial charge in [0.2, 0.25) is 0 Å². The summed E-state index contributed by atoms with van der Waals surface area (Å²) in [5.41, 5.74) is 0.907. The lowest BCUT2D eigenvalue weighted by molar-refractivity contribution is -0.0183. The molecule has 1 aliphatic heterocycles. The van der Waals surface area contributed by atoms with E-state index in [0.29, 0.717) is 16.9 Å². The van der Waals surface area contributed by atoms with Crippen LogP contribution in [0, 0.1) is 5.82 Å². The maximum Gasteiger partial charge on any atom is 0.342 e. The number of esters is 1. The molecule has 0 fully saturated rings. The van der Waals surface area contributed by atoms with E-state index in [1.165, 1.54) is 31.4 Å². The number of hydrogen-bond acceptors (Lipinski definition) is 6. The smallest absolute Gasteiger partial charge is 0.342 e. The molecule has 0 spiro atoms. The molecule has 24 heavy (non-hydrogen) atoms. The van der Waals surface area contributed by atoms with Crippen LogP contribution in [0.3, 0.4) is 0 Å². The molecule has 0 aliphatic carbocycles. The molecule has 0 radical (unpaired) electrons. The Labute approximate surface area is 137 Å². The molecule has 1 heterocycles. The highest BCUT2D eigenvalue weighted by molar-refractivity contribution is 5.93. The molecule has 0 unspecified atom stereocenters. The fraction of sp³-hybridized carbons (Fsp3) is 0.235. The Morgan fingerprint density at radius 2 is 2.21 bits per heavy atom. The van der Waals surface area contributed by atoms with Crippen LogP contribution in [-0.4, -0.2) is 25.0 Å². The van der Waals surface area contributed by atoms with Crippen LogP contribution in [0.2, 0.25) is 0 Å². The molecule has 6 nitrogen and oxygen atoms in total. The molecule has 0 atom stereocenters.